The Hall–Kier alpha value is -2.29. The minimum atomic E-state index is -0.588. The molecule has 2 aliphatic rings. The molecule has 0 radical (unpaired) electrons. The van der Waals surface area contributed by atoms with Gasteiger partial charge in [-0.15, -0.1) is 11.8 Å². The molecule has 1 fully saturated rings. The van der Waals surface area contributed by atoms with Crippen LogP contribution in [0.4, 0.5) is 0 Å². The van der Waals surface area contributed by atoms with Gasteiger partial charge in [0.15, 0.2) is 0 Å². The molecule has 3 rings (SSSR count). The van der Waals surface area contributed by atoms with Gasteiger partial charge in [-0.3, -0.25) is 4.79 Å². The highest BCUT2D eigenvalue weighted by atomic mass is 16.5. The fourth-order valence-corrected chi connectivity index (χ4v) is 4.55. The highest BCUT2D eigenvalue weighted by Gasteiger charge is 2.48. The maximum atomic E-state index is 11.5. The quantitative estimate of drug-likeness (QED) is 0.454. The lowest BCUT2D eigenvalue weighted by molar-refractivity contribution is -0.120. The van der Waals surface area contributed by atoms with Gasteiger partial charge in [-0.25, -0.2) is 0 Å². The van der Waals surface area contributed by atoms with Crippen molar-refractivity contribution in [1.29, 1.82) is 0 Å². The minimum absolute atomic E-state index is 0.0436. The van der Waals surface area contributed by atoms with E-state index in [1.54, 1.807) is 14.0 Å². The molecule has 0 saturated heterocycles. The van der Waals surface area contributed by atoms with Gasteiger partial charge in [0.25, 0.3) is 0 Å². The summed E-state index contributed by atoms with van der Waals surface area (Å²) in [5.41, 5.74) is 2.25. The molecule has 6 atom stereocenters. The van der Waals surface area contributed by atoms with Gasteiger partial charge in [0.2, 0.25) is 5.91 Å². The molecule has 0 spiro atoms. The van der Waals surface area contributed by atoms with E-state index in [2.05, 4.69) is 29.3 Å². The lowest BCUT2D eigenvalue weighted by Crippen LogP contribution is -2.19. The van der Waals surface area contributed by atoms with Crippen molar-refractivity contribution in [2.45, 2.75) is 70.2 Å². The van der Waals surface area contributed by atoms with E-state index in [4.69, 9.17) is 4.74 Å². The van der Waals surface area contributed by atoms with Gasteiger partial charge in [0.1, 0.15) is 11.9 Å². The summed E-state index contributed by atoms with van der Waals surface area (Å²) in [5, 5.41) is 23.7. The highest BCUT2D eigenvalue weighted by molar-refractivity contribution is 5.75. The van der Waals surface area contributed by atoms with Crippen LogP contribution in [0.3, 0.4) is 0 Å². The molecule has 1 aliphatic carbocycles. The van der Waals surface area contributed by atoms with Gasteiger partial charge in [0.05, 0.1) is 12.2 Å². The monoisotopic (exact) mass is 411 g/mol. The molecule has 162 valence electrons. The van der Waals surface area contributed by atoms with Gasteiger partial charge < -0.3 is 20.3 Å². The SMILES string of the molecule is CC#CC[C@@H](C)[C@H](O)C=C[C@@H]1[C@H]2c3cccc(CCCC(=O)NC)c3O[C@H]2C[C@H]1O. The number of ether oxygens (including phenoxy) is 1. The van der Waals surface area contributed by atoms with Crippen molar-refractivity contribution in [2.75, 3.05) is 7.05 Å². The number of aryl methyl sites for hydroxylation is 1. The highest BCUT2D eigenvalue weighted by Crippen LogP contribution is 2.52. The maximum Gasteiger partial charge on any atom is 0.219 e. The second-order valence-corrected chi connectivity index (χ2v) is 8.41. The molecule has 30 heavy (non-hydrogen) atoms. The Labute approximate surface area is 179 Å². The third kappa shape index (κ3) is 4.88. The molecular formula is C25H33NO4. The summed E-state index contributed by atoms with van der Waals surface area (Å²) in [6.45, 7) is 3.78. The maximum absolute atomic E-state index is 11.5. The Balaban J connectivity index is 1.73. The summed E-state index contributed by atoms with van der Waals surface area (Å²) in [4.78, 5) is 11.5. The number of fused-ring (bicyclic) bond motifs is 3. The standard InChI is InChI=1S/C25H33NO4/c1-4-5-8-16(2)20(27)14-13-18-21(28)15-22-24(18)19-11-6-9-17(25(19)30-22)10-7-12-23(29)26-3/h6,9,11,13-14,16,18,20-22,24,27-28H,7-8,10,12,15H2,1-3H3,(H,26,29)/t16-,18+,20-,21-,22+,24+/m1/s1. The topological polar surface area (TPSA) is 78.8 Å². The van der Waals surface area contributed by atoms with Crippen LogP contribution in [0.5, 0.6) is 5.75 Å². The summed E-state index contributed by atoms with van der Waals surface area (Å²) >= 11 is 0. The molecule has 5 nitrogen and oxygen atoms in total. The molecule has 5 heteroatoms. The fraction of sp³-hybridized carbons (Fsp3) is 0.560. The fourth-order valence-electron chi connectivity index (χ4n) is 4.55. The third-order valence-electron chi connectivity index (χ3n) is 6.33. The number of rotatable bonds is 8. The van der Waals surface area contributed by atoms with E-state index >= 15 is 0 Å². The smallest absolute Gasteiger partial charge is 0.219 e. The van der Waals surface area contributed by atoms with Crippen LogP contribution in [0.25, 0.3) is 0 Å². The second-order valence-electron chi connectivity index (χ2n) is 8.41. The lowest BCUT2D eigenvalue weighted by Gasteiger charge is -2.19. The zero-order valence-electron chi connectivity index (χ0n) is 18.1. The first-order valence-corrected chi connectivity index (χ1v) is 10.9. The Kier molecular flexibility index (Phi) is 7.58. The van der Waals surface area contributed by atoms with Crippen LogP contribution in [-0.4, -0.2) is 41.5 Å². The summed E-state index contributed by atoms with van der Waals surface area (Å²) in [6.07, 6.45) is 5.93. The Morgan fingerprint density at radius 3 is 2.97 bits per heavy atom. The number of carbonyl (C=O) groups excluding carboxylic acids is 1. The number of aliphatic hydroxyl groups is 2. The molecule has 1 aromatic carbocycles. The molecule has 0 aromatic heterocycles. The number of hydrogen-bond donors (Lipinski definition) is 3. The Morgan fingerprint density at radius 2 is 2.23 bits per heavy atom. The zero-order chi connectivity index (χ0) is 21.7. The largest absolute Gasteiger partial charge is 0.489 e. The first kappa shape index (κ1) is 22.4. The van der Waals surface area contributed by atoms with Crippen molar-refractivity contribution in [3.63, 3.8) is 0 Å². The number of carbonyl (C=O) groups is 1. The van der Waals surface area contributed by atoms with Crippen LogP contribution in [0.15, 0.2) is 30.4 Å². The number of para-hydroxylation sites is 1. The van der Waals surface area contributed by atoms with Gasteiger partial charge in [0, 0.05) is 43.7 Å². The van der Waals surface area contributed by atoms with E-state index in [0.29, 0.717) is 19.3 Å². The lowest BCUT2D eigenvalue weighted by atomic mass is 9.86. The van der Waals surface area contributed by atoms with E-state index in [1.807, 2.05) is 25.1 Å². The minimum Gasteiger partial charge on any atom is -0.489 e. The van der Waals surface area contributed by atoms with Crippen molar-refractivity contribution in [1.82, 2.24) is 5.32 Å². The van der Waals surface area contributed by atoms with Crippen LogP contribution >= 0.6 is 0 Å². The summed E-state index contributed by atoms with van der Waals surface area (Å²) < 4.78 is 6.28. The van der Waals surface area contributed by atoms with E-state index in [0.717, 1.165) is 29.7 Å². The normalized spacial score (nSPS) is 26.3. The third-order valence-corrected chi connectivity index (χ3v) is 6.33. The van der Waals surface area contributed by atoms with Crippen LogP contribution in [0, 0.1) is 23.7 Å². The summed E-state index contributed by atoms with van der Waals surface area (Å²) in [5.74, 6) is 6.88. The van der Waals surface area contributed by atoms with Crippen molar-refractivity contribution >= 4 is 5.91 Å². The number of aliphatic hydroxyl groups excluding tert-OH is 2. The molecule has 3 N–H and O–H groups in total. The number of nitrogens with one attached hydrogen (secondary N) is 1. The predicted molar refractivity (Wildman–Crippen MR) is 117 cm³/mol. The van der Waals surface area contributed by atoms with Gasteiger partial charge >= 0.3 is 0 Å². The molecule has 1 saturated carbocycles. The van der Waals surface area contributed by atoms with Crippen molar-refractivity contribution in [3.05, 3.63) is 41.5 Å². The molecule has 1 aromatic rings. The van der Waals surface area contributed by atoms with E-state index in [9.17, 15) is 15.0 Å². The van der Waals surface area contributed by atoms with Gasteiger partial charge in [-0.2, -0.15) is 0 Å². The van der Waals surface area contributed by atoms with Crippen LogP contribution < -0.4 is 10.1 Å². The predicted octanol–water partition coefficient (Wildman–Crippen LogP) is 2.95. The van der Waals surface area contributed by atoms with Crippen LogP contribution in [0.2, 0.25) is 0 Å². The summed E-state index contributed by atoms with van der Waals surface area (Å²) in [6, 6.07) is 6.17. The first-order chi connectivity index (χ1) is 14.5. The van der Waals surface area contributed by atoms with E-state index in [-0.39, 0.29) is 29.8 Å². The molecule has 0 bridgehead atoms. The number of benzene rings is 1. The summed E-state index contributed by atoms with van der Waals surface area (Å²) in [7, 11) is 1.65. The number of amides is 1. The number of hydrogen-bond acceptors (Lipinski definition) is 4. The average molecular weight is 412 g/mol. The van der Waals surface area contributed by atoms with Crippen molar-refractivity contribution in [3.8, 4) is 17.6 Å². The van der Waals surface area contributed by atoms with E-state index < -0.39 is 12.2 Å². The van der Waals surface area contributed by atoms with Crippen molar-refractivity contribution < 1.29 is 19.7 Å². The molecule has 1 aliphatic heterocycles. The Morgan fingerprint density at radius 1 is 1.43 bits per heavy atom. The van der Waals surface area contributed by atoms with E-state index in [1.165, 1.54) is 0 Å². The molecule has 0 unspecified atom stereocenters. The van der Waals surface area contributed by atoms with Gasteiger partial charge in [-0.05, 0) is 31.2 Å². The second kappa shape index (κ2) is 10.1. The molecular weight excluding hydrogens is 378 g/mol. The average Bonchev–Trinajstić information content (AvgIpc) is 3.25. The van der Waals surface area contributed by atoms with Crippen LogP contribution in [-0.2, 0) is 11.2 Å². The molecule has 1 amide bonds. The molecule has 1 heterocycles. The first-order valence-electron chi connectivity index (χ1n) is 10.9. The van der Waals surface area contributed by atoms with Crippen LogP contribution in [0.1, 0.15) is 56.6 Å². The van der Waals surface area contributed by atoms with Crippen molar-refractivity contribution in [2.24, 2.45) is 11.8 Å². The zero-order valence-corrected chi connectivity index (χ0v) is 18.1. The Bertz CT molecular complexity index is 837. The van der Waals surface area contributed by atoms with Gasteiger partial charge in [-0.1, -0.05) is 37.3 Å².